The zero-order valence-electron chi connectivity index (χ0n) is 22.8. The molecule has 12 nitrogen and oxygen atoms in total. The largest absolute Gasteiger partial charge is 0.463 e. The van der Waals surface area contributed by atoms with E-state index in [1.165, 1.54) is 32.4 Å². The van der Waals surface area contributed by atoms with Crippen molar-refractivity contribution in [1.29, 1.82) is 0 Å². The number of carbonyl (C=O) groups excluding carboxylic acids is 4. The maximum Gasteiger partial charge on any atom is 0.303 e. The van der Waals surface area contributed by atoms with E-state index in [4.69, 9.17) is 36.3 Å². The Labute approximate surface area is 231 Å². The number of benzene rings is 1. The third-order valence-corrected chi connectivity index (χ3v) is 6.61. The summed E-state index contributed by atoms with van der Waals surface area (Å²) in [5, 5.41) is 7.56. The fourth-order valence-corrected chi connectivity index (χ4v) is 4.85. The smallest absolute Gasteiger partial charge is 0.303 e. The van der Waals surface area contributed by atoms with Crippen molar-refractivity contribution in [3.63, 3.8) is 0 Å². The average Bonchev–Trinajstić information content (AvgIpc) is 3.21. The number of nitrogens with zero attached hydrogens (tertiary/aromatic N) is 3. The fraction of sp³-hybridized carbons (Fsp3) is 0.538. The van der Waals surface area contributed by atoms with Crippen molar-refractivity contribution in [2.24, 2.45) is 0 Å². The van der Waals surface area contributed by atoms with Gasteiger partial charge in [0.1, 0.15) is 18.8 Å². The zero-order chi connectivity index (χ0) is 28.9. The highest BCUT2D eigenvalue weighted by Crippen LogP contribution is 2.34. The Morgan fingerprint density at radius 2 is 1.64 bits per heavy atom. The van der Waals surface area contributed by atoms with Crippen LogP contribution in [-0.4, -0.2) is 69.1 Å². The van der Waals surface area contributed by atoms with E-state index in [1.54, 1.807) is 0 Å². The molecule has 1 aromatic heterocycles. The van der Waals surface area contributed by atoms with Crippen molar-refractivity contribution in [2.75, 3.05) is 6.61 Å². The van der Waals surface area contributed by atoms with Crippen LogP contribution in [0, 0.1) is 4.77 Å². The number of nitrogens with one attached hydrogen (secondary N) is 1. The van der Waals surface area contributed by atoms with Gasteiger partial charge in [-0.15, -0.1) is 5.10 Å². The second kappa shape index (κ2) is 13.0. The molecule has 6 atom stereocenters. The van der Waals surface area contributed by atoms with Gasteiger partial charge in [0, 0.05) is 39.3 Å². The van der Waals surface area contributed by atoms with Crippen LogP contribution in [0.2, 0.25) is 0 Å². The van der Waals surface area contributed by atoms with E-state index in [2.05, 4.69) is 5.32 Å². The van der Waals surface area contributed by atoms with Gasteiger partial charge in [-0.1, -0.05) is 37.3 Å². The van der Waals surface area contributed by atoms with Crippen LogP contribution in [0.3, 0.4) is 0 Å². The van der Waals surface area contributed by atoms with Gasteiger partial charge < -0.3 is 24.3 Å². The Balaban J connectivity index is 2.23. The third kappa shape index (κ3) is 7.09. The molecule has 39 heavy (non-hydrogen) atoms. The van der Waals surface area contributed by atoms with Crippen molar-refractivity contribution >= 4 is 36.0 Å². The number of ether oxygens (including phenoxy) is 4. The van der Waals surface area contributed by atoms with Crippen molar-refractivity contribution in [3.8, 4) is 11.4 Å². The lowest BCUT2D eigenvalue weighted by Gasteiger charge is -2.45. The number of hydrogen-bond donors (Lipinski definition) is 1. The van der Waals surface area contributed by atoms with Crippen molar-refractivity contribution in [2.45, 2.75) is 84.6 Å². The van der Waals surface area contributed by atoms with Crippen LogP contribution in [0.5, 0.6) is 0 Å². The summed E-state index contributed by atoms with van der Waals surface area (Å²) in [4.78, 5) is 48.2. The minimum Gasteiger partial charge on any atom is -0.463 e. The maximum absolute atomic E-state index is 12.3. The Morgan fingerprint density at radius 1 is 1.03 bits per heavy atom. The Kier molecular flexibility index (Phi) is 9.97. The second-order valence-corrected chi connectivity index (χ2v) is 9.65. The fourth-order valence-electron chi connectivity index (χ4n) is 4.44. The summed E-state index contributed by atoms with van der Waals surface area (Å²) >= 11 is 5.87. The molecule has 13 heteroatoms. The summed E-state index contributed by atoms with van der Waals surface area (Å²) in [6.07, 6.45) is -3.87. The normalized spacial score (nSPS) is 23.4. The number of rotatable bonds is 9. The van der Waals surface area contributed by atoms with Gasteiger partial charge >= 0.3 is 17.9 Å². The molecule has 3 rings (SSSR count). The van der Waals surface area contributed by atoms with Gasteiger partial charge in [0.05, 0.1) is 0 Å². The highest BCUT2D eigenvalue weighted by atomic mass is 32.1. The van der Waals surface area contributed by atoms with Crippen LogP contribution in [0.25, 0.3) is 11.4 Å². The summed E-state index contributed by atoms with van der Waals surface area (Å²) in [6.45, 7) is 8.59. The molecule has 1 aromatic carbocycles. The molecule has 1 amide bonds. The second-order valence-electron chi connectivity index (χ2n) is 9.29. The quantitative estimate of drug-likeness (QED) is 0.276. The number of hydrogen-bond acceptors (Lipinski definition) is 10. The number of amides is 1. The minimum absolute atomic E-state index is 0.0424. The lowest BCUT2D eigenvalue weighted by molar-refractivity contribution is -0.239. The van der Waals surface area contributed by atoms with E-state index >= 15 is 0 Å². The molecule has 1 fully saturated rings. The van der Waals surface area contributed by atoms with Crippen molar-refractivity contribution in [3.05, 3.63) is 35.1 Å². The first-order valence-corrected chi connectivity index (χ1v) is 13.0. The molecule has 2 heterocycles. The number of carbonyl (C=O) groups is 4. The molecule has 0 radical (unpaired) electrons. The van der Waals surface area contributed by atoms with Gasteiger partial charge in [-0.25, -0.2) is 4.68 Å². The van der Waals surface area contributed by atoms with Crippen LogP contribution < -0.4 is 5.32 Å². The van der Waals surface area contributed by atoms with E-state index < -0.39 is 54.4 Å². The van der Waals surface area contributed by atoms with Gasteiger partial charge in [0.2, 0.25) is 10.7 Å². The van der Waals surface area contributed by atoms with Gasteiger partial charge in [0.15, 0.2) is 24.3 Å². The van der Waals surface area contributed by atoms with E-state index in [0.29, 0.717) is 10.6 Å². The molecule has 0 spiro atoms. The minimum atomic E-state index is -1.22. The lowest BCUT2D eigenvalue weighted by Crippen LogP contribution is -2.64. The summed E-state index contributed by atoms with van der Waals surface area (Å²) < 4.78 is 26.2. The zero-order valence-corrected chi connectivity index (χ0v) is 23.6. The van der Waals surface area contributed by atoms with Crippen LogP contribution >= 0.6 is 12.2 Å². The molecular weight excluding hydrogens is 528 g/mol. The SMILES string of the molecule is CCC(C)n1c(-c2ccccc2)nn([C@@H]2O[C@H](COC(C)=O)[C@@H](OC(C)=O)[C@H](OC(C)=O)[C@H]2NC(C)=O)c1=S. The van der Waals surface area contributed by atoms with E-state index in [1.807, 2.05) is 48.7 Å². The van der Waals surface area contributed by atoms with Crippen LogP contribution in [-0.2, 0) is 38.1 Å². The Bertz CT molecular complexity index is 1260. The molecule has 212 valence electrons. The van der Waals surface area contributed by atoms with Crippen LogP contribution in [0.4, 0.5) is 0 Å². The van der Waals surface area contributed by atoms with Gasteiger partial charge in [0.25, 0.3) is 0 Å². The highest BCUT2D eigenvalue weighted by Gasteiger charge is 2.52. The van der Waals surface area contributed by atoms with Gasteiger partial charge in [-0.3, -0.25) is 23.7 Å². The predicted octanol–water partition coefficient (Wildman–Crippen LogP) is 2.88. The maximum atomic E-state index is 12.3. The van der Waals surface area contributed by atoms with E-state index in [9.17, 15) is 19.2 Å². The first kappa shape index (κ1) is 30.0. The summed E-state index contributed by atoms with van der Waals surface area (Å²) in [6, 6.07) is 8.33. The monoisotopic (exact) mass is 562 g/mol. The molecule has 2 aromatic rings. The topological polar surface area (TPSA) is 140 Å². The molecule has 0 aliphatic carbocycles. The summed E-state index contributed by atoms with van der Waals surface area (Å²) in [5.74, 6) is -1.84. The Morgan fingerprint density at radius 3 is 2.18 bits per heavy atom. The number of esters is 3. The molecule has 0 bridgehead atoms. The van der Waals surface area contributed by atoms with E-state index in [-0.39, 0.29) is 12.6 Å². The standard InChI is InChI=1S/C26H34N4O8S/c1-7-14(2)29-24(19-11-9-8-10-12-19)28-30(26(29)39)25-21(27-15(3)31)23(37-18(6)34)22(36-17(5)33)20(38-25)13-35-16(4)32/h8-12,14,20-23,25H,7,13H2,1-6H3,(H,27,31)/t14?,20-,21-,22-,23-,25-/m1/s1. The van der Waals surface area contributed by atoms with Crippen LogP contribution in [0.1, 0.15) is 60.2 Å². The molecule has 1 aliphatic rings. The van der Waals surface area contributed by atoms with Crippen molar-refractivity contribution < 1.29 is 38.1 Å². The van der Waals surface area contributed by atoms with Crippen LogP contribution in [0.15, 0.2) is 30.3 Å². The molecule has 0 saturated carbocycles. The van der Waals surface area contributed by atoms with Crippen molar-refractivity contribution in [1.82, 2.24) is 19.7 Å². The first-order valence-electron chi connectivity index (χ1n) is 12.6. The molecule has 1 N–H and O–H groups in total. The Hall–Kier alpha value is -3.58. The molecule has 1 unspecified atom stereocenters. The summed E-state index contributed by atoms with van der Waals surface area (Å²) in [7, 11) is 0. The lowest BCUT2D eigenvalue weighted by atomic mass is 9.95. The predicted molar refractivity (Wildman–Crippen MR) is 141 cm³/mol. The molecule has 1 aliphatic heterocycles. The van der Waals surface area contributed by atoms with Gasteiger partial charge in [-0.05, 0) is 25.6 Å². The van der Waals surface area contributed by atoms with Gasteiger partial charge in [-0.2, -0.15) is 0 Å². The number of aromatic nitrogens is 3. The first-order chi connectivity index (χ1) is 18.4. The average molecular weight is 563 g/mol. The molecule has 1 saturated heterocycles. The summed E-state index contributed by atoms with van der Waals surface area (Å²) in [5.41, 5.74) is 0.806. The highest BCUT2D eigenvalue weighted by molar-refractivity contribution is 7.71. The third-order valence-electron chi connectivity index (χ3n) is 6.23. The van der Waals surface area contributed by atoms with E-state index in [0.717, 1.165) is 12.0 Å². The molecular formula is C26H34N4O8S.